The summed E-state index contributed by atoms with van der Waals surface area (Å²) < 4.78 is 0. The minimum Gasteiger partial charge on any atom is -0.316 e. The molecule has 0 rings (SSSR count). The van der Waals surface area contributed by atoms with E-state index in [0.717, 1.165) is 25.5 Å². The number of hydrogen-bond donors (Lipinski definition) is 2. The first-order valence-electron chi connectivity index (χ1n) is 4.17. The molecule has 1 atom stereocenters. The highest BCUT2D eigenvalue weighted by Crippen LogP contribution is 1.88. The molecular formula is C8H16N2O2. The third-order valence-corrected chi connectivity index (χ3v) is 1.50. The molecule has 0 aromatic heterocycles. The minimum atomic E-state index is -0.123. The number of nitrogens with one attached hydrogen (secondary N) is 1. The molecule has 0 radical (unpaired) electrons. The van der Waals surface area contributed by atoms with Crippen molar-refractivity contribution in [2.45, 2.75) is 31.8 Å². The second kappa shape index (κ2) is 8.36. The Hall–Kier alpha value is -0.740. The van der Waals surface area contributed by atoms with Gasteiger partial charge in [-0.3, -0.25) is 0 Å². The number of carbonyl (C=O) groups excluding carboxylic acids is 2. The van der Waals surface area contributed by atoms with Gasteiger partial charge in [0.2, 0.25) is 0 Å². The van der Waals surface area contributed by atoms with Crippen LogP contribution in [0.25, 0.3) is 0 Å². The lowest BCUT2D eigenvalue weighted by Gasteiger charge is -2.10. The van der Waals surface area contributed by atoms with E-state index in [-0.39, 0.29) is 6.17 Å². The molecule has 0 aliphatic heterocycles. The molecule has 0 aliphatic rings. The highest BCUT2D eigenvalue weighted by Gasteiger charge is 1.98. The Bertz CT molecular complexity index is 128. The first-order valence-corrected chi connectivity index (χ1v) is 4.17. The largest absolute Gasteiger partial charge is 0.316 e. The molecule has 12 heavy (non-hydrogen) atoms. The first-order chi connectivity index (χ1) is 5.81. The summed E-state index contributed by atoms with van der Waals surface area (Å²) >= 11 is 0. The third-order valence-electron chi connectivity index (χ3n) is 1.50. The van der Waals surface area contributed by atoms with E-state index in [1.165, 1.54) is 0 Å². The van der Waals surface area contributed by atoms with Crippen molar-refractivity contribution >= 4 is 12.6 Å². The van der Waals surface area contributed by atoms with Gasteiger partial charge in [-0.1, -0.05) is 0 Å². The Morgan fingerprint density at radius 2 is 1.92 bits per heavy atom. The van der Waals surface area contributed by atoms with Crippen molar-refractivity contribution in [1.29, 1.82) is 0 Å². The van der Waals surface area contributed by atoms with E-state index in [1.54, 1.807) is 0 Å². The number of unbranched alkanes of at least 4 members (excludes halogenated alkanes) is 1. The van der Waals surface area contributed by atoms with E-state index in [2.05, 4.69) is 5.32 Å². The zero-order chi connectivity index (χ0) is 9.23. The molecular weight excluding hydrogens is 156 g/mol. The van der Waals surface area contributed by atoms with Crippen LogP contribution < -0.4 is 11.1 Å². The molecule has 70 valence electrons. The van der Waals surface area contributed by atoms with Crippen molar-refractivity contribution in [2.75, 3.05) is 6.54 Å². The lowest BCUT2D eigenvalue weighted by atomic mass is 10.2. The molecule has 0 saturated carbocycles. The zero-order valence-corrected chi connectivity index (χ0v) is 7.16. The summed E-state index contributed by atoms with van der Waals surface area (Å²) in [4.78, 5) is 19.9. The first kappa shape index (κ1) is 11.3. The normalized spacial score (nSPS) is 12.4. The maximum Gasteiger partial charge on any atom is 0.120 e. The highest BCUT2D eigenvalue weighted by atomic mass is 16.1. The van der Waals surface area contributed by atoms with Crippen molar-refractivity contribution in [3.05, 3.63) is 0 Å². The fraction of sp³-hybridized carbons (Fsp3) is 0.750. The number of nitrogens with two attached hydrogens (primary N) is 1. The molecule has 3 N–H and O–H groups in total. The van der Waals surface area contributed by atoms with Crippen molar-refractivity contribution in [1.82, 2.24) is 5.32 Å². The monoisotopic (exact) mass is 172 g/mol. The third kappa shape index (κ3) is 7.37. The quantitative estimate of drug-likeness (QED) is 0.302. The van der Waals surface area contributed by atoms with Crippen molar-refractivity contribution in [2.24, 2.45) is 5.73 Å². The van der Waals surface area contributed by atoms with Gasteiger partial charge in [0.15, 0.2) is 0 Å². The molecule has 4 heteroatoms. The molecule has 0 bridgehead atoms. The van der Waals surface area contributed by atoms with Gasteiger partial charge in [-0.25, -0.2) is 0 Å². The van der Waals surface area contributed by atoms with Crippen LogP contribution in [-0.2, 0) is 9.59 Å². The lowest BCUT2D eigenvalue weighted by molar-refractivity contribution is -0.108. The van der Waals surface area contributed by atoms with Crippen LogP contribution in [0.15, 0.2) is 0 Å². The average molecular weight is 172 g/mol. The number of carbonyl (C=O) groups is 2. The predicted octanol–water partition coefficient (Wildman–Crippen LogP) is -0.181. The number of aldehydes is 2. The second-order valence-electron chi connectivity index (χ2n) is 2.61. The van der Waals surface area contributed by atoms with Gasteiger partial charge < -0.3 is 20.6 Å². The molecule has 0 aliphatic carbocycles. The van der Waals surface area contributed by atoms with E-state index >= 15 is 0 Å². The SMILES string of the molecule is NC(CCC=O)NCCCC=O. The van der Waals surface area contributed by atoms with E-state index in [4.69, 9.17) is 5.73 Å². The maximum absolute atomic E-state index is 9.96. The number of hydrogen-bond acceptors (Lipinski definition) is 4. The Morgan fingerprint density at radius 3 is 2.50 bits per heavy atom. The summed E-state index contributed by atoms with van der Waals surface area (Å²) in [7, 11) is 0. The maximum atomic E-state index is 9.96. The van der Waals surface area contributed by atoms with Crippen LogP contribution in [0.1, 0.15) is 25.7 Å². The molecule has 0 saturated heterocycles. The predicted molar refractivity (Wildman–Crippen MR) is 46.6 cm³/mol. The average Bonchev–Trinajstić information content (AvgIpc) is 2.09. The van der Waals surface area contributed by atoms with Gasteiger partial charge in [0, 0.05) is 12.8 Å². The van der Waals surface area contributed by atoms with Crippen molar-refractivity contribution in [3.63, 3.8) is 0 Å². The van der Waals surface area contributed by atoms with Gasteiger partial charge >= 0.3 is 0 Å². The van der Waals surface area contributed by atoms with Crippen LogP contribution in [0.5, 0.6) is 0 Å². The van der Waals surface area contributed by atoms with Gasteiger partial charge in [0.1, 0.15) is 12.6 Å². The molecule has 0 aromatic carbocycles. The van der Waals surface area contributed by atoms with Gasteiger partial charge in [-0.2, -0.15) is 0 Å². The molecule has 0 fully saturated rings. The summed E-state index contributed by atoms with van der Waals surface area (Å²) in [6.07, 6.45) is 4.13. The molecule has 0 heterocycles. The van der Waals surface area contributed by atoms with E-state index < -0.39 is 0 Å². The number of rotatable bonds is 8. The second-order valence-corrected chi connectivity index (χ2v) is 2.61. The van der Waals surface area contributed by atoms with Crippen LogP contribution in [0.3, 0.4) is 0 Å². The Balaban J connectivity index is 3.12. The summed E-state index contributed by atoms with van der Waals surface area (Å²) in [5.74, 6) is 0. The zero-order valence-electron chi connectivity index (χ0n) is 7.16. The molecule has 0 spiro atoms. The van der Waals surface area contributed by atoms with Crippen LogP contribution >= 0.6 is 0 Å². The van der Waals surface area contributed by atoms with Crippen LogP contribution in [0, 0.1) is 0 Å². The van der Waals surface area contributed by atoms with Crippen LogP contribution in [-0.4, -0.2) is 25.3 Å². The smallest absolute Gasteiger partial charge is 0.120 e. The van der Waals surface area contributed by atoms with Crippen LogP contribution in [0.2, 0.25) is 0 Å². The van der Waals surface area contributed by atoms with Crippen molar-refractivity contribution < 1.29 is 9.59 Å². The Labute approximate surface area is 72.5 Å². The fourth-order valence-corrected chi connectivity index (χ4v) is 0.823. The van der Waals surface area contributed by atoms with E-state index in [0.29, 0.717) is 19.3 Å². The van der Waals surface area contributed by atoms with Crippen molar-refractivity contribution in [3.8, 4) is 0 Å². The molecule has 1 unspecified atom stereocenters. The molecule has 4 nitrogen and oxygen atoms in total. The van der Waals surface area contributed by atoms with Gasteiger partial charge in [0.25, 0.3) is 0 Å². The van der Waals surface area contributed by atoms with Gasteiger partial charge in [0.05, 0.1) is 6.17 Å². The Kier molecular flexibility index (Phi) is 7.84. The Morgan fingerprint density at radius 1 is 1.25 bits per heavy atom. The van der Waals surface area contributed by atoms with Gasteiger partial charge in [-0.05, 0) is 19.4 Å². The summed E-state index contributed by atoms with van der Waals surface area (Å²) in [6.45, 7) is 0.735. The topological polar surface area (TPSA) is 72.2 Å². The summed E-state index contributed by atoms with van der Waals surface area (Å²) in [5.41, 5.74) is 5.58. The molecule has 0 amide bonds. The summed E-state index contributed by atoms with van der Waals surface area (Å²) in [5, 5.41) is 3.01. The lowest BCUT2D eigenvalue weighted by Crippen LogP contribution is -2.37. The minimum absolute atomic E-state index is 0.123. The summed E-state index contributed by atoms with van der Waals surface area (Å²) in [6, 6.07) is 0. The van der Waals surface area contributed by atoms with Crippen LogP contribution in [0.4, 0.5) is 0 Å². The van der Waals surface area contributed by atoms with E-state index in [9.17, 15) is 9.59 Å². The standard InChI is InChI=1S/C8H16N2O2/c9-8(4-3-7-12)10-5-1-2-6-11/h6-8,10H,1-5,9H2. The highest BCUT2D eigenvalue weighted by molar-refractivity contribution is 5.49. The van der Waals surface area contributed by atoms with E-state index in [1.807, 2.05) is 0 Å². The molecule has 0 aromatic rings. The van der Waals surface area contributed by atoms with Gasteiger partial charge in [-0.15, -0.1) is 0 Å². The fourth-order valence-electron chi connectivity index (χ4n) is 0.823.